The van der Waals surface area contributed by atoms with Crippen LogP contribution in [0.2, 0.25) is 0 Å². The summed E-state index contributed by atoms with van der Waals surface area (Å²) in [5.41, 5.74) is 3.62. The zero-order chi connectivity index (χ0) is 17.6. The molecule has 3 heterocycles. The number of carbonyl (C=O) groups excluding carboxylic acids is 1. The van der Waals surface area contributed by atoms with Gasteiger partial charge in [-0.25, -0.2) is 4.79 Å². The van der Waals surface area contributed by atoms with E-state index in [0.717, 1.165) is 38.8 Å². The average Bonchev–Trinajstić information content (AvgIpc) is 3.35. The van der Waals surface area contributed by atoms with Crippen LogP contribution in [0.5, 0.6) is 0 Å². The molecule has 0 radical (unpaired) electrons. The van der Waals surface area contributed by atoms with E-state index in [9.17, 15) is 4.79 Å². The average molecular weight is 350 g/mol. The van der Waals surface area contributed by atoms with Gasteiger partial charge in [-0.2, -0.15) is 0 Å². The van der Waals surface area contributed by atoms with Gasteiger partial charge in [-0.3, -0.25) is 0 Å². The normalized spacial score (nSPS) is 21.2. The van der Waals surface area contributed by atoms with Gasteiger partial charge in [0.2, 0.25) is 0 Å². The molecule has 1 saturated carbocycles. The van der Waals surface area contributed by atoms with Crippen molar-refractivity contribution in [2.75, 3.05) is 18.4 Å². The molecule has 2 aliphatic heterocycles. The molecule has 1 aromatic heterocycles. The maximum absolute atomic E-state index is 12.6. The standard InChI is InChI=1S/C21H26N4O/c26-20(22-16-6-1-2-7-16)24-14-11-21(12-15-24)19-10-5-13-25(19)18-9-4-3-8-17(18)23-21/h3-5,8-10,13,16,23H,1-2,6-7,11-12,14-15H2,(H,22,26). The predicted molar refractivity (Wildman–Crippen MR) is 103 cm³/mol. The van der Waals surface area contributed by atoms with Crippen LogP contribution in [0.1, 0.15) is 44.2 Å². The number of carbonyl (C=O) groups is 1. The second kappa shape index (κ2) is 6.08. The largest absolute Gasteiger partial charge is 0.372 e. The van der Waals surface area contributed by atoms with Gasteiger partial charge in [0, 0.05) is 31.0 Å². The maximum atomic E-state index is 12.6. The Balaban J connectivity index is 1.34. The van der Waals surface area contributed by atoms with Crippen LogP contribution in [0.25, 0.3) is 5.69 Å². The molecule has 1 saturated heterocycles. The molecule has 2 N–H and O–H groups in total. The summed E-state index contributed by atoms with van der Waals surface area (Å²) in [6.45, 7) is 1.58. The number of para-hydroxylation sites is 2. The summed E-state index contributed by atoms with van der Waals surface area (Å²) >= 11 is 0. The monoisotopic (exact) mass is 350 g/mol. The molecule has 1 aromatic carbocycles. The summed E-state index contributed by atoms with van der Waals surface area (Å²) in [5.74, 6) is 0. The van der Waals surface area contributed by atoms with Crippen LogP contribution in [0.3, 0.4) is 0 Å². The van der Waals surface area contributed by atoms with E-state index in [2.05, 4.69) is 57.8 Å². The maximum Gasteiger partial charge on any atom is 0.317 e. The number of nitrogens with one attached hydrogen (secondary N) is 2. The van der Waals surface area contributed by atoms with E-state index in [1.807, 2.05) is 4.90 Å². The molecule has 1 spiro atoms. The first-order chi connectivity index (χ1) is 12.8. The van der Waals surface area contributed by atoms with E-state index >= 15 is 0 Å². The Bertz CT molecular complexity index is 813. The highest BCUT2D eigenvalue weighted by molar-refractivity contribution is 5.75. The van der Waals surface area contributed by atoms with Crippen LogP contribution < -0.4 is 10.6 Å². The van der Waals surface area contributed by atoms with E-state index in [4.69, 9.17) is 0 Å². The summed E-state index contributed by atoms with van der Waals surface area (Å²) in [6, 6.07) is 13.3. The minimum absolute atomic E-state index is 0.0814. The Morgan fingerprint density at radius 3 is 2.65 bits per heavy atom. The first kappa shape index (κ1) is 15.8. The Morgan fingerprint density at radius 1 is 1.08 bits per heavy atom. The van der Waals surface area contributed by atoms with Gasteiger partial charge in [-0.15, -0.1) is 0 Å². The number of anilines is 1. The summed E-state index contributed by atoms with van der Waals surface area (Å²) < 4.78 is 2.31. The first-order valence-corrected chi connectivity index (χ1v) is 9.86. The van der Waals surface area contributed by atoms with Crippen molar-refractivity contribution in [3.63, 3.8) is 0 Å². The van der Waals surface area contributed by atoms with E-state index in [1.165, 1.54) is 29.9 Å². The van der Waals surface area contributed by atoms with Crippen LogP contribution in [0.15, 0.2) is 42.6 Å². The van der Waals surface area contributed by atoms with E-state index < -0.39 is 0 Å². The minimum Gasteiger partial charge on any atom is -0.372 e. The molecule has 0 unspecified atom stereocenters. The van der Waals surface area contributed by atoms with Crippen molar-refractivity contribution in [1.82, 2.24) is 14.8 Å². The number of amides is 2. The lowest BCUT2D eigenvalue weighted by Gasteiger charge is -2.46. The molecule has 1 aliphatic carbocycles. The zero-order valence-corrected chi connectivity index (χ0v) is 15.1. The fourth-order valence-corrected chi connectivity index (χ4v) is 4.90. The molecule has 5 heteroatoms. The smallest absolute Gasteiger partial charge is 0.317 e. The number of rotatable bonds is 1. The predicted octanol–water partition coefficient (Wildman–Crippen LogP) is 3.85. The minimum atomic E-state index is -0.0814. The van der Waals surface area contributed by atoms with Crippen LogP contribution in [-0.4, -0.2) is 34.6 Å². The Kier molecular flexibility index (Phi) is 3.69. The van der Waals surface area contributed by atoms with Crippen LogP contribution >= 0.6 is 0 Å². The lowest BCUT2D eigenvalue weighted by atomic mass is 9.82. The van der Waals surface area contributed by atoms with Crippen LogP contribution in [-0.2, 0) is 5.54 Å². The van der Waals surface area contributed by atoms with Crippen molar-refractivity contribution < 1.29 is 4.79 Å². The number of aromatic nitrogens is 1. The summed E-state index contributed by atoms with van der Waals surface area (Å²) in [6.07, 6.45) is 8.77. The van der Waals surface area contributed by atoms with Gasteiger partial charge < -0.3 is 20.1 Å². The molecule has 5 nitrogen and oxygen atoms in total. The van der Waals surface area contributed by atoms with E-state index in [1.54, 1.807) is 0 Å². The SMILES string of the molecule is O=C(NC1CCCC1)N1CCC2(CC1)Nc1ccccc1-n1cccc12. The van der Waals surface area contributed by atoms with E-state index in [0.29, 0.717) is 6.04 Å². The van der Waals surface area contributed by atoms with Crippen LogP contribution in [0.4, 0.5) is 10.5 Å². The number of hydrogen-bond donors (Lipinski definition) is 2. The second-order valence-electron chi connectivity index (χ2n) is 7.91. The number of likely N-dealkylation sites (tertiary alicyclic amines) is 1. The number of piperidine rings is 1. The molecule has 26 heavy (non-hydrogen) atoms. The molecule has 2 aromatic rings. The fourth-order valence-electron chi connectivity index (χ4n) is 4.90. The molecule has 2 fully saturated rings. The van der Waals surface area contributed by atoms with Crippen molar-refractivity contribution in [2.24, 2.45) is 0 Å². The van der Waals surface area contributed by atoms with Crippen molar-refractivity contribution in [1.29, 1.82) is 0 Å². The fraction of sp³-hybridized carbons (Fsp3) is 0.476. The van der Waals surface area contributed by atoms with Gasteiger partial charge >= 0.3 is 6.03 Å². The quantitative estimate of drug-likeness (QED) is 0.821. The van der Waals surface area contributed by atoms with Crippen LogP contribution in [0, 0.1) is 0 Å². The summed E-state index contributed by atoms with van der Waals surface area (Å²) in [7, 11) is 0. The number of nitrogens with zero attached hydrogens (tertiary/aromatic N) is 2. The highest BCUT2D eigenvalue weighted by Gasteiger charge is 2.42. The first-order valence-electron chi connectivity index (χ1n) is 9.86. The van der Waals surface area contributed by atoms with Crippen molar-refractivity contribution >= 4 is 11.7 Å². The molecule has 2 amide bonds. The van der Waals surface area contributed by atoms with Gasteiger partial charge in [0.15, 0.2) is 0 Å². The number of fused-ring (bicyclic) bond motifs is 4. The third-order valence-corrected chi connectivity index (χ3v) is 6.36. The topological polar surface area (TPSA) is 49.3 Å². The third kappa shape index (κ3) is 2.49. The Morgan fingerprint density at radius 2 is 1.85 bits per heavy atom. The lowest BCUT2D eigenvalue weighted by Crippen LogP contribution is -2.54. The number of benzene rings is 1. The molecule has 5 rings (SSSR count). The molecular formula is C21H26N4O. The zero-order valence-electron chi connectivity index (χ0n) is 15.1. The van der Waals surface area contributed by atoms with Crippen molar-refractivity contribution in [2.45, 2.75) is 50.1 Å². The lowest BCUT2D eigenvalue weighted by molar-refractivity contribution is 0.160. The van der Waals surface area contributed by atoms with Gasteiger partial charge in [0.05, 0.1) is 16.9 Å². The molecule has 136 valence electrons. The van der Waals surface area contributed by atoms with Crippen molar-refractivity contribution in [3.8, 4) is 5.69 Å². The Hall–Kier alpha value is -2.43. The highest BCUT2D eigenvalue weighted by Crippen LogP contribution is 2.43. The summed E-state index contributed by atoms with van der Waals surface area (Å²) in [5, 5.41) is 7.04. The number of hydrogen-bond acceptors (Lipinski definition) is 2. The molecule has 0 bridgehead atoms. The van der Waals surface area contributed by atoms with Gasteiger partial charge in [-0.05, 0) is 49.9 Å². The molecule has 3 aliphatic rings. The van der Waals surface area contributed by atoms with Gasteiger partial charge in [0.25, 0.3) is 0 Å². The second-order valence-corrected chi connectivity index (χ2v) is 7.91. The summed E-state index contributed by atoms with van der Waals surface area (Å²) in [4.78, 5) is 14.6. The number of urea groups is 1. The van der Waals surface area contributed by atoms with Gasteiger partial charge in [-0.1, -0.05) is 25.0 Å². The Labute approximate surface area is 154 Å². The van der Waals surface area contributed by atoms with E-state index in [-0.39, 0.29) is 11.6 Å². The molecule has 0 atom stereocenters. The highest BCUT2D eigenvalue weighted by atomic mass is 16.2. The van der Waals surface area contributed by atoms with Crippen molar-refractivity contribution in [3.05, 3.63) is 48.3 Å². The van der Waals surface area contributed by atoms with Gasteiger partial charge in [0.1, 0.15) is 0 Å². The molecular weight excluding hydrogens is 324 g/mol. The third-order valence-electron chi connectivity index (χ3n) is 6.36.